The van der Waals surface area contributed by atoms with Gasteiger partial charge in [0.1, 0.15) is 0 Å². The van der Waals surface area contributed by atoms with E-state index in [0.29, 0.717) is 27.7 Å². The van der Waals surface area contributed by atoms with E-state index in [1.165, 1.54) is 13.0 Å². The Morgan fingerprint density at radius 2 is 2.11 bits per heavy atom. The van der Waals surface area contributed by atoms with Crippen molar-refractivity contribution in [3.05, 3.63) is 44.6 Å². The molecule has 0 atom stereocenters. The molecule has 0 saturated carbocycles. The van der Waals surface area contributed by atoms with E-state index in [4.69, 9.17) is 11.6 Å². The van der Waals surface area contributed by atoms with Crippen LogP contribution in [0.25, 0.3) is 0 Å². The molecule has 0 aliphatic heterocycles. The van der Waals surface area contributed by atoms with E-state index in [9.17, 15) is 13.2 Å². The van der Waals surface area contributed by atoms with E-state index < -0.39 is 14.9 Å². The molecule has 2 N–H and O–H groups in total. The molecule has 0 fully saturated rings. The Hall–Kier alpha value is -1.31. The number of benzene rings is 1. The fourth-order valence-corrected chi connectivity index (χ4v) is 3.94. The predicted molar refractivity (Wildman–Crippen MR) is 71.9 cm³/mol. The van der Waals surface area contributed by atoms with Gasteiger partial charge in [-0.1, -0.05) is 29.0 Å². The summed E-state index contributed by atoms with van der Waals surface area (Å²) in [5.41, 5.74) is 0.669. The molecule has 2 rings (SSSR count). The number of aromatic amines is 1. The number of H-pyrrole nitrogens is 1. The van der Waals surface area contributed by atoms with E-state index in [1.54, 1.807) is 18.2 Å². The van der Waals surface area contributed by atoms with Gasteiger partial charge in [-0.3, -0.25) is 9.52 Å². The number of thiazole rings is 1. The summed E-state index contributed by atoms with van der Waals surface area (Å²) < 4.78 is 26.4. The fraction of sp³-hybridized carbons (Fsp3) is 0.100. The average Bonchev–Trinajstić information content (AvgIpc) is 2.58. The monoisotopic (exact) mass is 304 g/mol. The summed E-state index contributed by atoms with van der Waals surface area (Å²) in [6, 6.07) is 6.34. The minimum atomic E-state index is -3.76. The molecule has 1 aromatic heterocycles. The minimum absolute atomic E-state index is 0.0209. The molecule has 0 aliphatic carbocycles. The molecule has 1 aromatic carbocycles. The highest BCUT2D eigenvalue weighted by molar-refractivity contribution is 7.94. The maximum atomic E-state index is 12.0. The molecule has 0 amide bonds. The van der Waals surface area contributed by atoms with E-state index in [1.807, 2.05) is 0 Å². The number of halogens is 1. The average molecular weight is 305 g/mol. The van der Waals surface area contributed by atoms with Crippen molar-refractivity contribution < 1.29 is 8.42 Å². The Labute approximate surface area is 112 Å². The second-order valence-electron chi connectivity index (χ2n) is 3.54. The SMILES string of the molecule is Cc1[nH]c(=O)sc1S(=O)(=O)Nc1cccc(Cl)c1. The number of anilines is 1. The van der Waals surface area contributed by atoms with Gasteiger partial charge < -0.3 is 4.98 Å². The van der Waals surface area contributed by atoms with Crippen molar-refractivity contribution in [2.75, 3.05) is 4.72 Å². The number of rotatable bonds is 3. The highest BCUT2D eigenvalue weighted by Crippen LogP contribution is 2.22. The van der Waals surface area contributed by atoms with Crippen LogP contribution < -0.4 is 9.60 Å². The number of hydrogen-bond donors (Lipinski definition) is 2. The van der Waals surface area contributed by atoms with Crippen molar-refractivity contribution in [1.29, 1.82) is 0 Å². The number of sulfonamides is 1. The number of aryl methyl sites for hydroxylation is 1. The van der Waals surface area contributed by atoms with Crippen LogP contribution in [0.4, 0.5) is 5.69 Å². The summed E-state index contributed by atoms with van der Waals surface area (Å²) in [5.74, 6) is 0. The molecular formula is C10H9ClN2O3S2. The number of nitrogens with one attached hydrogen (secondary N) is 2. The Morgan fingerprint density at radius 1 is 1.39 bits per heavy atom. The van der Waals surface area contributed by atoms with Crippen molar-refractivity contribution in [2.24, 2.45) is 0 Å². The van der Waals surface area contributed by atoms with Crippen LogP contribution in [0.2, 0.25) is 5.02 Å². The van der Waals surface area contributed by atoms with Gasteiger partial charge in [0.2, 0.25) is 0 Å². The quantitative estimate of drug-likeness (QED) is 0.912. The van der Waals surface area contributed by atoms with Crippen LogP contribution >= 0.6 is 22.9 Å². The Morgan fingerprint density at radius 3 is 2.67 bits per heavy atom. The Kier molecular flexibility index (Phi) is 3.47. The predicted octanol–water partition coefficient (Wildman–Crippen LogP) is 2.20. The fourth-order valence-electron chi connectivity index (χ4n) is 1.40. The first-order valence-corrected chi connectivity index (χ1v) is 7.54. The van der Waals surface area contributed by atoms with Crippen molar-refractivity contribution in [1.82, 2.24) is 4.98 Å². The molecule has 0 radical (unpaired) electrons. The lowest BCUT2D eigenvalue weighted by atomic mass is 10.3. The van der Waals surface area contributed by atoms with Crippen LogP contribution in [0.5, 0.6) is 0 Å². The molecule has 96 valence electrons. The molecule has 2 aromatic rings. The summed E-state index contributed by atoms with van der Waals surface area (Å²) in [6.45, 7) is 1.53. The third-order valence-corrected chi connectivity index (χ3v) is 5.32. The Balaban J connectivity index is 2.39. The van der Waals surface area contributed by atoms with Crippen molar-refractivity contribution >= 4 is 38.6 Å². The summed E-state index contributed by atoms with van der Waals surface area (Å²) in [7, 11) is -3.76. The lowest BCUT2D eigenvalue weighted by Gasteiger charge is -2.06. The molecule has 0 aliphatic rings. The molecule has 5 nitrogen and oxygen atoms in total. The van der Waals surface area contributed by atoms with E-state index >= 15 is 0 Å². The second kappa shape index (κ2) is 4.75. The molecule has 0 bridgehead atoms. The van der Waals surface area contributed by atoms with Crippen LogP contribution in [0.3, 0.4) is 0 Å². The maximum Gasteiger partial charge on any atom is 0.306 e. The summed E-state index contributed by atoms with van der Waals surface area (Å²) in [6.07, 6.45) is 0. The normalized spacial score (nSPS) is 11.4. The molecule has 0 unspecified atom stereocenters. The van der Waals surface area contributed by atoms with Crippen molar-refractivity contribution in [2.45, 2.75) is 11.1 Å². The third kappa shape index (κ3) is 2.74. The van der Waals surface area contributed by atoms with Crippen LogP contribution in [0, 0.1) is 6.92 Å². The molecular weight excluding hydrogens is 296 g/mol. The van der Waals surface area contributed by atoms with Crippen LogP contribution in [0.15, 0.2) is 33.3 Å². The summed E-state index contributed by atoms with van der Waals surface area (Å²) in [5, 5.41) is 0.425. The van der Waals surface area contributed by atoms with Gasteiger partial charge in [-0.15, -0.1) is 0 Å². The lowest BCUT2D eigenvalue weighted by molar-refractivity contribution is 0.602. The van der Waals surface area contributed by atoms with E-state index in [0.717, 1.165) is 0 Å². The van der Waals surface area contributed by atoms with Crippen LogP contribution in [0.1, 0.15) is 5.69 Å². The first-order chi connectivity index (χ1) is 8.38. The maximum absolute atomic E-state index is 12.0. The summed E-state index contributed by atoms with van der Waals surface area (Å²) in [4.78, 5) is 13.1. The first-order valence-electron chi connectivity index (χ1n) is 4.86. The first kappa shape index (κ1) is 13.1. The van der Waals surface area contributed by atoms with Crippen molar-refractivity contribution in [3.63, 3.8) is 0 Å². The van der Waals surface area contributed by atoms with Gasteiger partial charge in [-0.05, 0) is 25.1 Å². The van der Waals surface area contributed by atoms with Gasteiger partial charge in [0.25, 0.3) is 10.0 Å². The molecule has 18 heavy (non-hydrogen) atoms. The molecule has 1 heterocycles. The van der Waals surface area contributed by atoms with Crippen LogP contribution in [-0.2, 0) is 10.0 Å². The topological polar surface area (TPSA) is 79.0 Å². The lowest BCUT2D eigenvalue weighted by Crippen LogP contribution is -2.12. The van der Waals surface area contributed by atoms with Gasteiger partial charge in [0, 0.05) is 10.7 Å². The smallest absolute Gasteiger partial charge is 0.306 e. The van der Waals surface area contributed by atoms with Gasteiger partial charge in [0.05, 0.1) is 5.69 Å². The second-order valence-corrected chi connectivity index (χ2v) is 6.84. The molecule has 0 saturated heterocycles. The van der Waals surface area contributed by atoms with Crippen molar-refractivity contribution in [3.8, 4) is 0 Å². The number of hydrogen-bond acceptors (Lipinski definition) is 4. The largest absolute Gasteiger partial charge is 0.315 e. The van der Waals surface area contributed by atoms with Gasteiger partial charge in [-0.2, -0.15) is 0 Å². The number of aromatic nitrogens is 1. The summed E-state index contributed by atoms with van der Waals surface area (Å²) >= 11 is 6.42. The highest BCUT2D eigenvalue weighted by atomic mass is 35.5. The standard InChI is InChI=1S/C10H9ClN2O3S2/c1-6-9(17-10(14)12-6)18(15,16)13-8-4-2-3-7(11)5-8/h2-5,13H,1H3,(H,12,14). The zero-order chi connectivity index (χ0) is 13.3. The molecule has 8 heteroatoms. The zero-order valence-electron chi connectivity index (χ0n) is 9.23. The van der Waals surface area contributed by atoms with Gasteiger partial charge in [-0.25, -0.2) is 8.42 Å². The van der Waals surface area contributed by atoms with E-state index in [2.05, 4.69) is 9.71 Å². The Bertz CT molecular complexity index is 734. The van der Waals surface area contributed by atoms with Gasteiger partial charge in [0.15, 0.2) is 4.21 Å². The third-order valence-electron chi connectivity index (χ3n) is 2.10. The zero-order valence-corrected chi connectivity index (χ0v) is 11.6. The molecule has 0 spiro atoms. The minimum Gasteiger partial charge on any atom is -0.315 e. The van der Waals surface area contributed by atoms with E-state index in [-0.39, 0.29) is 4.21 Å². The highest BCUT2D eigenvalue weighted by Gasteiger charge is 2.20. The van der Waals surface area contributed by atoms with Crippen LogP contribution in [-0.4, -0.2) is 13.4 Å². The van der Waals surface area contributed by atoms with Gasteiger partial charge >= 0.3 is 4.87 Å².